The molecule has 0 saturated heterocycles. The highest BCUT2D eigenvalue weighted by Crippen LogP contribution is 2.36. The summed E-state index contributed by atoms with van der Waals surface area (Å²) < 4.78 is 31.2. The Hall–Kier alpha value is -6.36. The van der Waals surface area contributed by atoms with Crippen LogP contribution in [0.15, 0.2) is 144 Å². The van der Waals surface area contributed by atoms with E-state index in [1.54, 1.807) is 17.0 Å². The number of aliphatic hydroxyl groups is 1. The van der Waals surface area contributed by atoms with Crippen molar-refractivity contribution in [3.8, 4) is 27.9 Å². The Kier molecular flexibility index (Phi) is 10.6. The number of benzene rings is 6. The minimum atomic E-state index is -4.27. The molecule has 0 bridgehead atoms. The molecule has 0 spiro atoms. The molecule has 1 aromatic heterocycles. The number of carbonyl (C=O) groups excluding carboxylic acids is 2. The lowest BCUT2D eigenvalue weighted by atomic mass is 9.92. The van der Waals surface area contributed by atoms with Crippen LogP contribution < -0.4 is 4.72 Å². The van der Waals surface area contributed by atoms with Gasteiger partial charge in [0.1, 0.15) is 0 Å². The molecule has 57 heavy (non-hydrogen) atoms. The molecule has 2 N–H and O–H groups in total. The van der Waals surface area contributed by atoms with E-state index in [0.29, 0.717) is 42.8 Å². The number of nitrogens with one attached hydrogen (secondary N) is 1. The molecule has 9 nitrogen and oxygen atoms in total. The first kappa shape index (κ1) is 37.6. The van der Waals surface area contributed by atoms with Gasteiger partial charge in [0, 0.05) is 29.8 Å². The van der Waals surface area contributed by atoms with Gasteiger partial charge < -0.3 is 10.0 Å². The maximum Gasteiger partial charge on any atom is 0.265 e. The predicted molar refractivity (Wildman–Crippen MR) is 222 cm³/mol. The van der Waals surface area contributed by atoms with Crippen LogP contribution in [-0.2, 0) is 36.0 Å². The second-order valence-electron chi connectivity index (χ2n) is 14.3. The normalized spacial score (nSPS) is 12.7. The van der Waals surface area contributed by atoms with Gasteiger partial charge in [-0.05, 0) is 94.3 Å². The Morgan fingerprint density at radius 2 is 1.47 bits per heavy atom. The average Bonchev–Trinajstić information content (AvgIpc) is 3.63. The standard InChI is InChI=1S/C47H42N4O5S/c1-2-3-17-44-45(43(31-52)48-51(44)39-22-18-35(19-23-39)32-11-5-4-6-12-32)41-25-21-37(29-42(41)47(54)50-27-26-34-14-8-10-16-38(34)30-50)46(53)49-57(55,56)40-24-20-33-13-7-9-15-36(33)28-40/h4-16,18-25,28-29,52H,2-3,17,26-27,30-31H2,1H3,(H,49,53). The van der Waals surface area contributed by atoms with E-state index in [4.69, 9.17) is 5.10 Å². The van der Waals surface area contributed by atoms with Gasteiger partial charge in [-0.15, -0.1) is 0 Å². The summed E-state index contributed by atoms with van der Waals surface area (Å²) in [5, 5.41) is 17.3. The second kappa shape index (κ2) is 16.0. The lowest BCUT2D eigenvalue weighted by Crippen LogP contribution is -2.36. The Morgan fingerprint density at radius 3 is 2.23 bits per heavy atom. The van der Waals surface area contributed by atoms with Crippen LogP contribution in [0.5, 0.6) is 0 Å². The van der Waals surface area contributed by atoms with Gasteiger partial charge in [0.15, 0.2) is 0 Å². The first-order valence-corrected chi connectivity index (χ1v) is 20.7. The molecule has 6 aromatic carbocycles. The zero-order chi connectivity index (χ0) is 39.5. The second-order valence-corrected chi connectivity index (χ2v) is 16.0. The van der Waals surface area contributed by atoms with E-state index in [1.807, 2.05) is 89.6 Å². The van der Waals surface area contributed by atoms with Gasteiger partial charge in [-0.1, -0.05) is 116 Å². The molecule has 10 heteroatoms. The minimum absolute atomic E-state index is 0.00780. The summed E-state index contributed by atoms with van der Waals surface area (Å²) in [5.74, 6) is -1.17. The number of hydrogen-bond donors (Lipinski definition) is 2. The van der Waals surface area contributed by atoms with Crippen LogP contribution in [0.3, 0.4) is 0 Å². The highest BCUT2D eigenvalue weighted by Gasteiger charge is 2.30. The van der Waals surface area contributed by atoms with Crippen molar-refractivity contribution in [3.63, 3.8) is 0 Å². The number of sulfonamides is 1. The number of nitrogens with zero attached hydrogens (tertiary/aromatic N) is 3. The van der Waals surface area contributed by atoms with Gasteiger partial charge in [-0.2, -0.15) is 5.10 Å². The summed E-state index contributed by atoms with van der Waals surface area (Å²) in [5.41, 5.74) is 7.73. The topological polar surface area (TPSA) is 122 Å². The molecule has 2 amide bonds. The highest BCUT2D eigenvalue weighted by atomic mass is 32.2. The molecule has 1 aliphatic rings. The van der Waals surface area contributed by atoms with Gasteiger partial charge in [0.2, 0.25) is 0 Å². The van der Waals surface area contributed by atoms with E-state index in [1.165, 1.54) is 29.8 Å². The van der Waals surface area contributed by atoms with E-state index in [9.17, 15) is 23.1 Å². The van der Waals surface area contributed by atoms with Gasteiger partial charge in [0.05, 0.1) is 28.6 Å². The lowest BCUT2D eigenvalue weighted by molar-refractivity contribution is 0.0735. The van der Waals surface area contributed by atoms with E-state index >= 15 is 0 Å². The Bertz CT molecular complexity index is 2730. The van der Waals surface area contributed by atoms with Crippen molar-refractivity contribution >= 4 is 32.6 Å². The Morgan fingerprint density at radius 1 is 0.772 bits per heavy atom. The largest absolute Gasteiger partial charge is 0.390 e. The van der Waals surface area contributed by atoms with Crippen molar-refractivity contribution in [2.75, 3.05) is 6.54 Å². The first-order valence-electron chi connectivity index (χ1n) is 19.2. The molecule has 1 aliphatic heterocycles. The van der Waals surface area contributed by atoms with Crippen molar-refractivity contribution in [2.45, 2.75) is 50.7 Å². The summed E-state index contributed by atoms with van der Waals surface area (Å²) in [7, 11) is -4.27. The van der Waals surface area contributed by atoms with E-state index in [2.05, 4.69) is 29.8 Å². The number of fused-ring (bicyclic) bond motifs is 2. The highest BCUT2D eigenvalue weighted by molar-refractivity contribution is 7.90. The summed E-state index contributed by atoms with van der Waals surface area (Å²) in [6.07, 6.45) is 3.00. The molecule has 7 aromatic rings. The third-order valence-corrected chi connectivity index (χ3v) is 12.0. The van der Waals surface area contributed by atoms with Gasteiger partial charge in [0.25, 0.3) is 21.8 Å². The number of rotatable bonds is 11. The van der Waals surface area contributed by atoms with Crippen molar-refractivity contribution in [1.29, 1.82) is 0 Å². The number of unbranched alkanes of at least 4 members (excludes halogenated alkanes) is 1. The van der Waals surface area contributed by atoms with Crippen LogP contribution in [0.1, 0.15) is 63.0 Å². The van der Waals surface area contributed by atoms with Crippen LogP contribution in [0.25, 0.3) is 38.7 Å². The number of carbonyl (C=O) groups is 2. The minimum Gasteiger partial charge on any atom is -0.390 e. The molecule has 0 aliphatic carbocycles. The molecular formula is C47H42N4O5S. The molecule has 286 valence electrons. The Balaban J connectivity index is 1.22. The maximum absolute atomic E-state index is 14.8. The van der Waals surface area contributed by atoms with Crippen LogP contribution in [0.4, 0.5) is 0 Å². The zero-order valence-corrected chi connectivity index (χ0v) is 32.4. The van der Waals surface area contributed by atoms with Gasteiger partial charge in [-0.25, -0.2) is 17.8 Å². The fraction of sp³-hybridized carbons (Fsp3) is 0.170. The van der Waals surface area contributed by atoms with Crippen molar-refractivity contribution < 1.29 is 23.1 Å². The monoisotopic (exact) mass is 774 g/mol. The summed E-state index contributed by atoms with van der Waals surface area (Å²) in [4.78, 5) is 30.3. The van der Waals surface area contributed by atoms with Crippen LogP contribution >= 0.6 is 0 Å². The van der Waals surface area contributed by atoms with E-state index in [-0.39, 0.29) is 28.5 Å². The third-order valence-electron chi connectivity index (χ3n) is 10.6. The molecule has 0 atom stereocenters. The zero-order valence-electron chi connectivity index (χ0n) is 31.6. The van der Waals surface area contributed by atoms with E-state index < -0.39 is 15.9 Å². The van der Waals surface area contributed by atoms with Gasteiger partial charge >= 0.3 is 0 Å². The number of aromatic nitrogens is 2. The fourth-order valence-corrected chi connectivity index (χ4v) is 8.64. The summed E-state index contributed by atoms with van der Waals surface area (Å²) in [6, 6.07) is 42.9. The van der Waals surface area contributed by atoms with Crippen molar-refractivity contribution in [3.05, 3.63) is 173 Å². The summed E-state index contributed by atoms with van der Waals surface area (Å²) in [6.45, 7) is 2.56. The van der Waals surface area contributed by atoms with Crippen LogP contribution in [0, 0.1) is 0 Å². The number of aliphatic hydroxyl groups excluding tert-OH is 1. The first-order chi connectivity index (χ1) is 27.7. The van der Waals surface area contributed by atoms with Gasteiger partial charge in [-0.3, -0.25) is 9.59 Å². The van der Waals surface area contributed by atoms with E-state index in [0.717, 1.165) is 51.7 Å². The molecule has 0 radical (unpaired) electrons. The smallest absolute Gasteiger partial charge is 0.265 e. The average molecular weight is 775 g/mol. The van der Waals surface area contributed by atoms with Crippen LogP contribution in [0.2, 0.25) is 0 Å². The quantitative estimate of drug-likeness (QED) is 0.136. The number of hydrogen-bond acceptors (Lipinski definition) is 6. The molecule has 0 fully saturated rings. The Labute approximate surface area is 332 Å². The fourth-order valence-electron chi connectivity index (χ4n) is 7.63. The SMILES string of the molecule is CCCCc1c(-c2ccc(C(=O)NS(=O)(=O)c3ccc4ccccc4c3)cc2C(=O)N2CCc3ccccc3C2)c(CO)nn1-c1ccc(-c2ccccc2)cc1. The molecule has 0 unspecified atom stereocenters. The molecule has 2 heterocycles. The maximum atomic E-state index is 14.8. The number of amides is 2. The molecular weight excluding hydrogens is 733 g/mol. The predicted octanol–water partition coefficient (Wildman–Crippen LogP) is 8.51. The van der Waals surface area contributed by atoms with Crippen molar-refractivity contribution in [2.24, 2.45) is 0 Å². The summed E-state index contributed by atoms with van der Waals surface area (Å²) >= 11 is 0. The molecule has 8 rings (SSSR count). The third kappa shape index (κ3) is 7.61. The van der Waals surface area contributed by atoms with Crippen molar-refractivity contribution in [1.82, 2.24) is 19.4 Å². The molecule has 0 saturated carbocycles. The lowest BCUT2D eigenvalue weighted by Gasteiger charge is -2.30. The van der Waals surface area contributed by atoms with Crippen LogP contribution in [-0.4, -0.2) is 46.6 Å².